The Balaban J connectivity index is 1.45. The second-order valence-electron chi connectivity index (χ2n) is 14.8. The molecule has 1 saturated heterocycles. The van der Waals surface area contributed by atoms with Gasteiger partial charge in [-0.15, -0.1) is 0 Å². The maximum atomic E-state index is 14.1. The predicted molar refractivity (Wildman–Crippen MR) is 200 cm³/mol. The third-order valence-electron chi connectivity index (χ3n) is 10.3. The number of benzene rings is 2. The van der Waals surface area contributed by atoms with Crippen LogP contribution in [0.1, 0.15) is 101 Å². The van der Waals surface area contributed by atoms with Gasteiger partial charge < -0.3 is 35.8 Å². The van der Waals surface area contributed by atoms with Crippen molar-refractivity contribution in [3.63, 3.8) is 0 Å². The summed E-state index contributed by atoms with van der Waals surface area (Å²) in [6.07, 6.45) is 3.50. The fraction of sp³-hybridized carbons (Fsp3) is 0.538. The summed E-state index contributed by atoms with van der Waals surface area (Å²) < 4.78 is 45.6. The molecule has 2 aliphatic rings. The average Bonchev–Trinajstić information content (AvgIpc) is 3.78. The summed E-state index contributed by atoms with van der Waals surface area (Å²) >= 11 is 0. The molecule has 0 spiro atoms. The van der Waals surface area contributed by atoms with Gasteiger partial charge in [0.05, 0.1) is 18.8 Å². The first-order valence-electron chi connectivity index (χ1n) is 18.5. The highest BCUT2D eigenvalue weighted by Crippen LogP contribution is 2.59. The number of ether oxygens (including phenoxy) is 1. The minimum atomic E-state index is -5.74. The number of amides is 4. The summed E-state index contributed by atoms with van der Waals surface area (Å²) in [5, 5.41) is 5.83. The highest BCUT2D eigenvalue weighted by Gasteiger charge is 2.57. The van der Waals surface area contributed by atoms with Gasteiger partial charge in [-0.3, -0.25) is 23.7 Å². The molecule has 1 aliphatic heterocycles. The Bertz CT molecular complexity index is 1730. The number of nitrogens with two attached hydrogens (primary N) is 1. The molecule has 1 aliphatic carbocycles. The van der Waals surface area contributed by atoms with Gasteiger partial charge in [-0.1, -0.05) is 82.1 Å². The lowest BCUT2D eigenvalue weighted by Gasteiger charge is -2.33. The number of carbonyl (C=O) groups is 4. The topological polar surface area (TPSA) is 188 Å². The van der Waals surface area contributed by atoms with Gasteiger partial charge in [-0.05, 0) is 73.1 Å². The number of hydrogen-bond acceptors (Lipinski definition) is 6. The van der Waals surface area contributed by atoms with E-state index in [-0.39, 0.29) is 36.5 Å². The van der Waals surface area contributed by atoms with Crippen molar-refractivity contribution in [2.24, 2.45) is 17.6 Å². The second-order valence-corrected chi connectivity index (χ2v) is 16.5. The summed E-state index contributed by atoms with van der Waals surface area (Å²) in [5.41, 5.74) is 3.13. The maximum absolute atomic E-state index is 14.1. The molecule has 15 heteroatoms. The van der Waals surface area contributed by atoms with E-state index in [0.717, 1.165) is 30.5 Å². The zero-order chi connectivity index (χ0) is 40.0. The number of carbonyl (C=O) groups excluding carboxylic acids is 4. The lowest BCUT2D eigenvalue weighted by Crippen LogP contribution is -2.57. The van der Waals surface area contributed by atoms with Gasteiger partial charge in [0.2, 0.25) is 23.6 Å². The van der Waals surface area contributed by atoms with E-state index in [1.54, 1.807) is 6.92 Å². The Kier molecular flexibility index (Phi) is 14.3. The van der Waals surface area contributed by atoms with Crippen molar-refractivity contribution in [1.82, 2.24) is 15.5 Å². The summed E-state index contributed by atoms with van der Waals surface area (Å²) in [7, 11) is -5.74. The molecule has 54 heavy (non-hydrogen) atoms. The molecular weight excluding hydrogens is 721 g/mol. The van der Waals surface area contributed by atoms with E-state index in [0.29, 0.717) is 43.0 Å². The largest absolute Gasteiger partial charge is 0.399 e. The molecule has 6 atom stereocenters. The molecule has 0 unspecified atom stereocenters. The van der Waals surface area contributed by atoms with E-state index in [1.807, 2.05) is 26.0 Å². The number of fused-ring (bicyclic) bond motifs is 1. The second kappa shape index (κ2) is 18.1. The van der Waals surface area contributed by atoms with Crippen LogP contribution in [0.2, 0.25) is 0 Å². The average molecular weight is 775 g/mol. The van der Waals surface area contributed by atoms with Gasteiger partial charge in [0, 0.05) is 24.6 Å². The first kappa shape index (κ1) is 42.8. The minimum Gasteiger partial charge on any atom is -0.372 e. The van der Waals surface area contributed by atoms with Crippen LogP contribution in [0.5, 0.6) is 0 Å². The summed E-state index contributed by atoms with van der Waals surface area (Å²) in [5.74, 6) is -1.35. The van der Waals surface area contributed by atoms with E-state index < -0.39 is 54.9 Å². The van der Waals surface area contributed by atoms with Crippen LogP contribution in [0, 0.1) is 11.8 Å². The third-order valence-corrected chi connectivity index (χ3v) is 11.3. The fourth-order valence-corrected chi connectivity index (χ4v) is 7.31. The smallest absolute Gasteiger partial charge is 0.372 e. The van der Waals surface area contributed by atoms with Gasteiger partial charge in [-0.25, -0.2) is 0 Å². The number of alkyl halides is 2. The number of likely N-dealkylation sites (tertiary alicyclic amines) is 1. The van der Waals surface area contributed by atoms with E-state index >= 15 is 0 Å². The van der Waals surface area contributed by atoms with Crippen LogP contribution in [0.4, 0.5) is 8.78 Å². The third kappa shape index (κ3) is 10.8. The van der Waals surface area contributed by atoms with Gasteiger partial charge in [-0.2, -0.15) is 8.78 Å². The van der Waals surface area contributed by atoms with Crippen molar-refractivity contribution in [3.05, 3.63) is 76.9 Å². The summed E-state index contributed by atoms with van der Waals surface area (Å²) in [6, 6.07) is 10.1. The quantitative estimate of drug-likeness (QED) is 0.0937. The molecule has 0 aromatic heterocycles. The van der Waals surface area contributed by atoms with Crippen molar-refractivity contribution >= 4 is 36.8 Å². The standard InChI is InChI=1S/C39H53F2N4O8P/c1-6-7-8-33(43-35(47)19-24(4)28-13-15-30(16-14-28)39(40,41)54(50,51)52)38(49)45-21-29-20-31(29)36(45)37(48)44-32(17-18-34(42)46)25(5)53-22-26-9-11-27(12-10-26)23(2)3/h9-16,19,23,25,29,31-33,36H,6-8,17-18,20-22H2,1-5H3,(H2,42,46)(H,43,47)(H,44,48)(H2,50,51,52)/b24-19+/t25-,29-,31-,32+,33+,36+/m1/s1. The number of primary amides is 1. The number of rotatable bonds is 19. The monoisotopic (exact) mass is 774 g/mol. The summed E-state index contributed by atoms with van der Waals surface area (Å²) in [6.45, 7) is 10.2. The van der Waals surface area contributed by atoms with Crippen LogP contribution < -0.4 is 16.4 Å². The molecule has 2 aromatic carbocycles. The lowest BCUT2D eigenvalue weighted by molar-refractivity contribution is -0.143. The van der Waals surface area contributed by atoms with Crippen molar-refractivity contribution in [2.45, 2.75) is 116 Å². The normalized spacial score (nSPS) is 20.2. The van der Waals surface area contributed by atoms with Gasteiger partial charge >= 0.3 is 13.3 Å². The number of nitrogens with one attached hydrogen (secondary N) is 2. The molecule has 6 N–H and O–H groups in total. The summed E-state index contributed by atoms with van der Waals surface area (Å²) in [4.78, 5) is 72.6. The van der Waals surface area contributed by atoms with Gasteiger partial charge in [0.1, 0.15) is 12.1 Å². The molecule has 0 bridgehead atoms. The zero-order valence-electron chi connectivity index (χ0n) is 31.5. The molecule has 0 radical (unpaired) electrons. The molecule has 2 fully saturated rings. The number of nitrogens with zero attached hydrogens (tertiary/aromatic N) is 1. The van der Waals surface area contributed by atoms with Crippen LogP contribution in [0.25, 0.3) is 5.57 Å². The molecule has 1 saturated carbocycles. The van der Waals surface area contributed by atoms with Crippen LogP contribution in [-0.4, -0.2) is 69.1 Å². The number of halogens is 2. The first-order chi connectivity index (χ1) is 25.3. The van der Waals surface area contributed by atoms with Crippen LogP contribution in [0.3, 0.4) is 0 Å². The Morgan fingerprint density at radius 3 is 2.26 bits per heavy atom. The Labute approximate surface area is 315 Å². The Morgan fingerprint density at radius 1 is 1.04 bits per heavy atom. The van der Waals surface area contributed by atoms with Gasteiger partial charge in [0.25, 0.3) is 0 Å². The van der Waals surface area contributed by atoms with Crippen molar-refractivity contribution in [3.8, 4) is 0 Å². The SMILES string of the molecule is CCCC[C@H](NC(=O)/C=C(\C)c1ccc(C(F)(F)P(=O)(O)O)cc1)C(=O)N1C[C@H]2C[C@H]2[C@H]1C(=O)N[C@@H](CCC(N)=O)[C@@H](C)OCc1ccc(C(C)C)cc1. The van der Waals surface area contributed by atoms with E-state index in [1.165, 1.54) is 28.7 Å². The number of unbranched alkanes of at least 4 members (excludes halogenated alkanes) is 1. The van der Waals surface area contributed by atoms with Crippen LogP contribution in [-0.2, 0) is 40.8 Å². The van der Waals surface area contributed by atoms with E-state index in [2.05, 4.69) is 36.6 Å². The van der Waals surface area contributed by atoms with Gasteiger partial charge in [0.15, 0.2) is 0 Å². The maximum Gasteiger partial charge on any atom is 0.399 e. The zero-order valence-corrected chi connectivity index (χ0v) is 32.4. The number of piperidine rings is 1. The highest BCUT2D eigenvalue weighted by atomic mass is 31.2. The molecule has 4 amide bonds. The molecule has 12 nitrogen and oxygen atoms in total. The Hall–Kier alpha value is -3.97. The Morgan fingerprint density at radius 2 is 1.69 bits per heavy atom. The van der Waals surface area contributed by atoms with E-state index in [4.69, 9.17) is 20.3 Å². The molecule has 4 rings (SSSR count). The van der Waals surface area contributed by atoms with Crippen LogP contribution >= 0.6 is 7.60 Å². The predicted octanol–water partition coefficient (Wildman–Crippen LogP) is 5.32. The molecular formula is C39H53F2N4O8P. The van der Waals surface area contributed by atoms with Crippen molar-refractivity contribution in [2.75, 3.05) is 6.54 Å². The molecule has 1 heterocycles. The van der Waals surface area contributed by atoms with Crippen molar-refractivity contribution < 1.29 is 47.0 Å². The molecule has 296 valence electrons. The van der Waals surface area contributed by atoms with E-state index in [9.17, 15) is 32.5 Å². The molecule has 2 aromatic rings. The minimum absolute atomic E-state index is 0.0309. The fourth-order valence-electron chi connectivity index (χ4n) is 6.82. The lowest BCUT2D eigenvalue weighted by atomic mass is 10.0. The first-order valence-corrected chi connectivity index (χ1v) is 20.1. The highest BCUT2D eigenvalue weighted by molar-refractivity contribution is 7.52. The number of hydrogen-bond donors (Lipinski definition) is 5. The van der Waals surface area contributed by atoms with Crippen molar-refractivity contribution in [1.29, 1.82) is 0 Å². The van der Waals surface area contributed by atoms with Crippen LogP contribution in [0.15, 0.2) is 54.6 Å². The number of allylic oxidation sites excluding steroid dienone is 1.